The van der Waals surface area contributed by atoms with Crippen LogP contribution in [0.3, 0.4) is 0 Å². The smallest absolute Gasteiger partial charge is 0.321 e. The molecule has 2 aromatic heterocycles. The van der Waals surface area contributed by atoms with Crippen molar-refractivity contribution in [2.45, 2.75) is 32.7 Å². The number of nitrogens with one attached hydrogen (secondary N) is 1. The Hall–Kier alpha value is -1.85. The van der Waals surface area contributed by atoms with Crippen LogP contribution in [0.25, 0.3) is 0 Å². The van der Waals surface area contributed by atoms with Crippen LogP contribution in [0.15, 0.2) is 23.2 Å². The standard InChI is InChI=1S/C11H17N5O/c1-9(2)10-14-11(17-15-10)13-4-3-6-16-7-5-12-8-16/h5,7-9H,3-4,6H2,1-2H3,(H,13,14,15). The molecule has 0 fully saturated rings. The second-order valence-corrected chi connectivity index (χ2v) is 4.19. The molecule has 0 aliphatic heterocycles. The fourth-order valence-electron chi connectivity index (χ4n) is 1.42. The van der Waals surface area contributed by atoms with E-state index >= 15 is 0 Å². The quantitative estimate of drug-likeness (QED) is 0.774. The van der Waals surface area contributed by atoms with Gasteiger partial charge >= 0.3 is 6.01 Å². The highest BCUT2D eigenvalue weighted by atomic mass is 16.5. The molecule has 2 heterocycles. The van der Waals surface area contributed by atoms with Crippen LogP contribution in [0.4, 0.5) is 6.01 Å². The zero-order chi connectivity index (χ0) is 12.1. The summed E-state index contributed by atoms with van der Waals surface area (Å²) in [6.07, 6.45) is 6.52. The monoisotopic (exact) mass is 235 g/mol. The number of hydrogen-bond acceptors (Lipinski definition) is 5. The summed E-state index contributed by atoms with van der Waals surface area (Å²) >= 11 is 0. The molecule has 0 aliphatic rings. The van der Waals surface area contributed by atoms with Crippen molar-refractivity contribution >= 4 is 6.01 Å². The molecule has 0 saturated heterocycles. The maximum Gasteiger partial charge on any atom is 0.321 e. The molecule has 0 radical (unpaired) electrons. The topological polar surface area (TPSA) is 68.8 Å². The van der Waals surface area contributed by atoms with Crippen molar-refractivity contribution in [3.8, 4) is 0 Å². The van der Waals surface area contributed by atoms with E-state index in [0.717, 1.165) is 25.3 Å². The fourth-order valence-corrected chi connectivity index (χ4v) is 1.42. The zero-order valence-corrected chi connectivity index (χ0v) is 10.1. The van der Waals surface area contributed by atoms with Crippen LogP contribution < -0.4 is 5.32 Å². The average Bonchev–Trinajstić information content (AvgIpc) is 2.96. The lowest BCUT2D eigenvalue weighted by Crippen LogP contribution is -2.06. The van der Waals surface area contributed by atoms with Crippen molar-refractivity contribution in [1.82, 2.24) is 19.7 Å². The number of anilines is 1. The van der Waals surface area contributed by atoms with Crippen LogP contribution in [0.2, 0.25) is 0 Å². The van der Waals surface area contributed by atoms with Gasteiger partial charge in [0.25, 0.3) is 0 Å². The lowest BCUT2D eigenvalue weighted by molar-refractivity contribution is 0.418. The van der Waals surface area contributed by atoms with Crippen molar-refractivity contribution in [2.24, 2.45) is 0 Å². The summed E-state index contributed by atoms with van der Waals surface area (Å²) < 4.78 is 7.11. The van der Waals surface area contributed by atoms with Crippen LogP contribution in [0.5, 0.6) is 0 Å². The lowest BCUT2D eigenvalue weighted by atomic mass is 10.2. The Morgan fingerprint density at radius 3 is 3.00 bits per heavy atom. The van der Waals surface area contributed by atoms with E-state index in [9.17, 15) is 0 Å². The van der Waals surface area contributed by atoms with Gasteiger partial charge in [0.1, 0.15) is 0 Å². The second kappa shape index (κ2) is 5.47. The highest BCUT2D eigenvalue weighted by Crippen LogP contribution is 2.12. The number of rotatable bonds is 6. The van der Waals surface area contributed by atoms with Gasteiger partial charge in [-0.15, -0.1) is 0 Å². The van der Waals surface area contributed by atoms with Crippen LogP contribution >= 0.6 is 0 Å². The first kappa shape index (κ1) is 11.6. The molecular formula is C11H17N5O. The van der Waals surface area contributed by atoms with Gasteiger partial charge in [0.15, 0.2) is 5.82 Å². The van der Waals surface area contributed by atoms with Gasteiger partial charge in [0, 0.05) is 31.4 Å². The Balaban J connectivity index is 1.71. The molecule has 6 heteroatoms. The Labute approximate surface area is 100 Å². The molecular weight excluding hydrogens is 218 g/mol. The maximum atomic E-state index is 5.07. The molecule has 17 heavy (non-hydrogen) atoms. The van der Waals surface area contributed by atoms with E-state index in [1.54, 1.807) is 6.20 Å². The minimum absolute atomic E-state index is 0.292. The van der Waals surface area contributed by atoms with Gasteiger partial charge in [-0.2, -0.15) is 4.98 Å². The summed E-state index contributed by atoms with van der Waals surface area (Å²) in [5, 5.41) is 6.99. The summed E-state index contributed by atoms with van der Waals surface area (Å²) in [4.78, 5) is 8.22. The number of hydrogen-bond donors (Lipinski definition) is 1. The highest BCUT2D eigenvalue weighted by molar-refractivity contribution is 5.18. The molecule has 0 atom stereocenters. The van der Waals surface area contributed by atoms with E-state index in [0.29, 0.717) is 11.9 Å². The number of nitrogens with zero attached hydrogens (tertiary/aromatic N) is 4. The molecule has 2 aromatic rings. The normalized spacial score (nSPS) is 11.0. The predicted octanol–water partition coefficient (Wildman–Crippen LogP) is 1.89. The van der Waals surface area contributed by atoms with Gasteiger partial charge in [-0.3, -0.25) is 0 Å². The Morgan fingerprint density at radius 1 is 1.47 bits per heavy atom. The van der Waals surface area contributed by atoms with Crippen LogP contribution in [-0.2, 0) is 6.54 Å². The Kier molecular flexibility index (Phi) is 3.74. The van der Waals surface area contributed by atoms with Crippen LogP contribution in [0, 0.1) is 0 Å². The van der Waals surface area contributed by atoms with Gasteiger partial charge in [-0.1, -0.05) is 19.0 Å². The largest absolute Gasteiger partial charge is 0.338 e. The molecule has 0 bridgehead atoms. The molecule has 0 aliphatic carbocycles. The predicted molar refractivity (Wildman–Crippen MR) is 63.7 cm³/mol. The summed E-state index contributed by atoms with van der Waals surface area (Å²) in [6.45, 7) is 5.80. The number of aryl methyl sites for hydroxylation is 1. The third kappa shape index (κ3) is 3.30. The summed E-state index contributed by atoms with van der Waals surface area (Å²) in [5.74, 6) is 1.03. The van der Waals surface area contributed by atoms with Gasteiger partial charge in [-0.25, -0.2) is 4.98 Å². The van der Waals surface area contributed by atoms with Gasteiger partial charge < -0.3 is 14.4 Å². The third-order valence-corrected chi connectivity index (χ3v) is 2.39. The second-order valence-electron chi connectivity index (χ2n) is 4.19. The molecule has 92 valence electrons. The third-order valence-electron chi connectivity index (χ3n) is 2.39. The molecule has 6 nitrogen and oxygen atoms in total. The summed E-state index contributed by atoms with van der Waals surface area (Å²) in [5.41, 5.74) is 0. The van der Waals surface area contributed by atoms with E-state index in [4.69, 9.17) is 4.52 Å². The first-order chi connectivity index (χ1) is 8.25. The van der Waals surface area contributed by atoms with E-state index in [-0.39, 0.29) is 0 Å². The first-order valence-electron chi connectivity index (χ1n) is 5.79. The molecule has 1 N–H and O–H groups in total. The molecule has 0 amide bonds. The van der Waals surface area contributed by atoms with Crippen LogP contribution in [-0.4, -0.2) is 26.2 Å². The summed E-state index contributed by atoms with van der Waals surface area (Å²) in [6, 6.07) is 0.499. The van der Waals surface area contributed by atoms with Crippen molar-refractivity contribution in [3.05, 3.63) is 24.5 Å². The Bertz CT molecular complexity index is 434. The molecule has 0 saturated carbocycles. The SMILES string of the molecule is CC(C)c1noc(NCCCn2ccnc2)n1. The lowest BCUT2D eigenvalue weighted by Gasteiger charge is -2.02. The van der Waals surface area contributed by atoms with E-state index in [2.05, 4.69) is 20.4 Å². The molecule has 0 spiro atoms. The first-order valence-corrected chi connectivity index (χ1v) is 5.79. The van der Waals surface area contributed by atoms with Gasteiger partial charge in [0.2, 0.25) is 0 Å². The van der Waals surface area contributed by atoms with E-state index in [1.807, 2.05) is 30.9 Å². The van der Waals surface area contributed by atoms with Crippen molar-refractivity contribution in [3.63, 3.8) is 0 Å². The number of imidazole rings is 1. The van der Waals surface area contributed by atoms with Crippen molar-refractivity contribution in [1.29, 1.82) is 0 Å². The van der Waals surface area contributed by atoms with E-state index in [1.165, 1.54) is 0 Å². The van der Waals surface area contributed by atoms with Gasteiger partial charge in [0.05, 0.1) is 6.33 Å². The molecule has 2 rings (SSSR count). The average molecular weight is 235 g/mol. The number of aromatic nitrogens is 4. The van der Waals surface area contributed by atoms with Gasteiger partial charge in [-0.05, 0) is 6.42 Å². The van der Waals surface area contributed by atoms with Crippen LogP contribution in [0.1, 0.15) is 32.0 Å². The minimum atomic E-state index is 0.292. The zero-order valence-electron chi connectivity index (χ0n) is 10.1. The highest BCUT2D eigenvalue weighted by Gasteiger charge is 2.08. The van der Waals surface area contributed by atoms with Crippen molar-refractivity contribution < 1.29 is 4.52 Å². The Morgan fingerprint density at radius 2 is 2.35 bits per heavy atom. The molecule has 0 unspecified atom stereocenters. The maximum absolute atomic E-state index is 5.07. The van der Waals surface area contributed by atoms with E-state index < -0.39 is 0 Å². The summed E-state index contributed by atoms with van der Waals surface area (Å²) in [7, 11) is 0. The fraction of sp³-hybridized carbons (Fsp3) is 0.545. The van der Waals surface area contributed by atoms with Crippen molar-refractivity contribution in [2.75, 3.05) is 11.9 Å². The minimum Gasteiger partial charge on any atom is -0.338 e. The molecule has 0 aromatic carbocycles.